The largest absolute Gasteiger partial charge is 0.503 e. The van der Waals surface area contributed by atoms with Crippen LogP contribution in [0.15, 0.2) is 72.0 Å². The maximum Gasteiger partial charge on any atom is 0.303 e. The van der Waals surface area contributed by atoms with Gasteiger partial charge in [-0.3, -0.25) is 24.5 Å². The molecule has 2 N–H and O–H groups in total. The van der Waals surface area contributed by atoms with Gasteiger partial charge in [0.1, 0.15) is 0 Å². The van der Waals surface area contributed by atoms with E-state index in [0.717, 1.165) is 5.56 Å². The second-order valence-electron chi connectivity index (χ2n) is 7.82. The average molecular weight is 464 g/mol. The van der Waals surface area contributed by atoms with Gasteiger partial charge in [-0.15, -0.1) is 0 Å². The third-order valence-electron chi connectivity index (χ3n) is 5.51. The van der Waals surface area contributed by atoms with E-state index in [9.17, 15) is 29.6 Å². The first-order valence-corrected chi connectivity index (χ1v) is 10.8. The average Bonchev–Trinajstić information content (AvgIpc) is 3.08. The van der Waals surface area contributed by atoms with Crippen molar-refractivity contribution in [1.82, 2.24) is 4.90 Å². The van der Waals surface area contributed by atoms with E-state index in [0.29, 0.717) is 24.8 Å². The number of carboxylic acid groups (broad SMARTS) is 1. The minimum atomic E-state index is -0.916. The molecule has 0 saturated carbocycles. The Balaban J connectivity index is 1.88. The van der Waals surface area contributed by atoms with E-state index in [4.69, 9.17) is 5.11 Å². The summed E-state index contributed by atoms with van der Waals surface area (Å²) in [6, 6.07) is 13.6. The number of carbonyl (C=O) groups is 3. The Morgan fingerprint density at radius 1 is 1.03 bits per heavy atom. The second kappa shape index (κ2) is 11.0. The van der Waals surface area contributed by atoms with Crippen molar-refractivity contribution in [2.45, 2.75) is 31.7 Å². The molecule has 1 atom stereocenters. The molecule has 1 aliphatic heterocycles. The van der Waals surface area contributed by atoms with Gasteiger partial charge in [-0.1, -0.05) is 42.8 Å². The third kappa shape index (κ3) is 5.74. The highest BCUT2D eigenvalue weighted by atomic mass is 16.6. The Labute approximate surface area is 195 Å². The summed E-state index contributed by atoms with van der Waals surface area (Å²) in [7, 11) is 0. The van der Waals surface area contributed by atoms with Gasteiger partial charge in [0, 0.05) is 25.1 Å². The molecule has 3 rings (SSSR count). The second-order valence-corrected chi connectivity index (χ2v) is 7.82. The topological polar surface area (TPSA) is 138 Å². The van der Waals surface area contributed by atoms with Crippen LogP contribution in [0.4, 0.5) is 5.69 Å². The molecule has 0 aromatic heterocycles. The molecule has 1 amide bonds. The van der Waals surface area contributed by atoms with Crippen LogP contribution in [0.2, 0.25) is 0 Å². The molecule has 2 aromatic carbocycles. The summed E-state index contributed by atoms with van der Waals surface area (Å²) < 4.78 is 0. The molecule has 9 nitrogen and oxygen atoms in total. The number of aliphatic hydroxyl groups is 1. The van der Waals surface area contributed by atoms with Crippen LogP contribution < -0.4 is 0 Å². The van der Waals surface area contributed by atoms with Crippen molar-refractivity contribution in [3.63, 3.8) is 0 Å². The van der Waals surface area contributed by atoms with Gasteiger partial charge in [0.05, 0.1) is 16.5 Å². The highest BCUT2D eigenvalue weighted by Crippen LogP contribution is 2.38. The van der Waals surface area contributed by atoms with E-state index < -0.39 is 34.4 Å². The van der Waals surface area contributed by atoms with E-state index >= 15 is 0 Å². The van der Waals surface area contributed by atoms with Crippen molar-refractivity contribution in [2.75, 3.05) is 6.54 Å². The van der Waals surface area contributed by atoms with Crippen molar-refractivity contribution >= 4 is 29.4 Å². The van der Waals surface area contributed by atoms with Gasteiger partial charge in [0.2, 0.25) is 0 Å². The van der Waals surface area contributed by atoms with E-state index in [1.165, 1.54) is 35.2 Å². The van der Waals surface area contributed by atoms with Gasteiger partial charge < -0.3 is 15.1 Å². The van der Waals surface area contributed by atoms with Crippen LogP contribution in [-0.4, -0.2) is 44.2 Å². The first kappa shape index (κ1) is 24.4. The molecule has 34 heavy (non-hydrogen) atoms. The number of amides is 1. The normalized spacial score (nSPS) is 15.8. The molecule has 0 saturated heterocycles. The van der Waals surface area contributed by atoms with Crippen LogP contribution in [-0.2, 0) is 14.4 Å². The number of aliphatic hydroxyl groups excluding tert-OH is 1. The monoisotopic (exact) mass is 464 g/mol. The highest BCUT2D eigenvalue weighted by molar-refractivity contribution is 6.14. The van der Waals surface area contributed by atoms with Crippen molar-refractivity contribution in [2.24, 2.45) is 0 Å². The van der Waals surface area contributed by atoms with Crippen molar-refractivity contribution < 1.29 is 29.5 Å². The SMILES string of the molecule is O=C(O)CCCCCN1C(=O)C(O)=C(C(=O)/C=C/c2ccccc2)C1c1ccc([N+](=O)[O-])cc1. The Hall–Kier alpha value is -4.27. The molecule has 0 radical (unpaired) electrons. The number of ketones is 1. The molecule has 2 aromatic rings. The number of unbranched alkanes of at least 4 members (excludes halogenated alkanes) is 2. The molecule has 0 spiro atoms. The highest BCUT2D eigenvalue weighted by Gasteiger charge is 2.42. The van der Waals surface area contributed by atoms with E-state index in [1.54, 1.807) is 18.2 Å². The number of nitrogens with zero attached hydrogens (tertiary/aromatic N) is 2. The minimum Gasteiger partial charge on any atom is -0.503 e. The lowest BCUT2D eigenvalue weighted by Crippen LogP contribution is -2.32. The van der Waals surface area contributed by atoms with Crippen LogP contribution in [0.1, 0.15) is 42.9 Å². The number of non-ortho nitro benzene ring substituents is 1. The molecule has 176 valence electrons. The van der Waals surface area contributed by atoms with Crippen molar-refractivity contribution in [1.29, 1.82) is 0 Å². The van der Waals surface area contributed by atoms with Gasteiger partial charge >= 0.3 is 5.97 Å². The number of carbonyl (C=O) groups excluding carboxylic acids is 2. The number of nitro groups is 1. The van der Waals surface area contributed by atoms with E-state index in [1.807, 2.05) is 18.2 Å². The summed E-state index contributed by atoms with van der Waals surface area (Å²) in [6.45, 7) is 0.184. The number of aliphatic carboxylic acids is 1. The van der Waals surface area contributed by atoms with Crippen molar-refractivity contribution in [3.8, 4) is 0 Å². The maximum absolute atomic E-state index is 13.1. The molecule has 1 aliphatic rings. The standard InChI is InChI=1S/C25H24N2O7/c28-20(15-10-17-7-3-1-4-8-17)22-23(18-11-13-19(14-12-18)27(33)34)26(25(32)24(22)31)16-6-2-5-9-21(29)30/h1,3-4,7-8,10-15,23,31H,2,5-6,9,16H2,(H,29,30)/b15-10+. The number of allylic oxidation sites excluding steroid dienone is 1. The fraction of sp³-hybridized carbons (Fsp3) is 0.240. The summed E-state index contributed by atoms with van der Waals surface area (Å²) in [5, 5.41) is 30.4. The summed E-state index contributed by atoms with van der Waals surface area (Å²) in [5.74, 6) is -2.82. The number of carboxylic acids is 1. The van der Waals surface area contributed by atoms with Crippen LogP contribution >= 0.6 is 0 Å². The molecule has 0 fully saturated rings. The third-order valence-corrected chi connectivity index (χ3v) is 5.51. The Morgan fingerprint density at radius 3 is 2.32 bits per heavy atom. The van der Waals surface area contributed by atoms with Crippen LogP contribution in [0.5, 0.6) is 0 Å². The quantitative estimate of drug-likeness (QED) is 0.220. The lowest BCUT2D eigenvalue weighted by Gasteiger charge is -2.26. The number of hydrogen-bond donors (Lipinski definition) is 2. The van der Waals surface area contributed by atoms with Crippen LogP contribution in [0.25, 0.3) is 6.08 Å². The van der Waals surface area contributed by atoms with Gasteiger partial charge in [-0.2, -0.15) is 0 Å². The van der Waals surface area contributed by atoms with Crippen molar-refractivity contribution in [3.05, 3.63) is 93.2 Å². The smallest absolute Gasteiger partial charge is 0.303 e. The Kier molecular flexibility index (Phi) is 7.92. The number of nitro benzene ring substituents is 1. The lowest BCUT2D eigenvalue weighted by atomic mass is 9.95. The minimum absolute atomic E-state index is 0.0112. The van der Waals surface area contributed by atoms with Gasteiger partial charge in [-0.25, -0.2) is 0 Å². The molecule has 0 bridgehead atoms. The zero-order valence-corrected chi connectivity index (χ0v) is 18.3. The van der Waals surface area contributed by atoms with E-state index in [-0.39, 0.29) is 24.2 Å². The van der Waals surface area contributed by atoms with Gasteiger partial charge in [-0.05, 0) is 42.2 Å². The summed E-state index contributed by atoms with van der Waals surface area (Å²) in [4.78, 5) is 48.5. The molecule has 0 aliphatic carbocycles. The molecule has 1 heterocycles. The van der Waals surface area contributed by atoms with Gasteiger partial charge in [0.25, 0.3) is 11.6 Å². The fourth-order valence-corrected chi connectivity index (χ4v) is 3.82. The maximum atomic E-state index is 13.1. The zero-order chi connectivity index (χ0) is 24.7. The first-order chi connectivity index (χ1) is 16.3. The Morgan fingerprint density at radius 2 is 1.71 bits per heavy atom. The predicted octanol–water partition coefficient (Wildman–Crippen LogP) is 4.22. The summed E-state index contributed by atoms with van der Waals surface area (Å²) in [6.07, 6.45) is 4.32. The molecular weight excluding hydrogens is 440 g/mol. The van der Waals surface area contributed by atoms with Crippen LogP contribution in [0.3, 0.4) is 0 Å². The zero-order valence-electron chi connectivity index (χ0n) is 18.3. The number of rotatable bonds is 11. The van der Waals surface area contributed by atoms with Crippen LogP contribution in [0, 0.1) is 10.1 Å². The summed E-state index contributed by atoms with van der Waals surface area (Å²) >= 11 is 0. The molecule has 1 unspecified atom stereocenters. The van der Waals surface area contributed by atoms with E-state index in [2.05, 4.69) is 0 Å². The molecular formula is C25H24N2O7. The first-order valence-electron chi connectivity index (χ1n) is 10.8. The number of hydrogen-bond acceptors (Lipinski definition) is 6. The number of benzene rings is 2. The summed E-state index contributed by atoms with van der Waals surface area (Å²) in [5.41, 5.74) is 0.974. The Bertz CT molecular complexity index is 1140. The fourth-order valence-electron chi connectivity index (χ4n) is 3.82. The van der Waals surface area contributed by atoms with Gasteiger partial charge in [0.15, 0.2) is 11.5 Å². The molecule has 9 heteroatoms. The lowest BCUT2D eigenvalue weighted by molar-refractivity contribution is -0.384. The predicted molar refractivity (Wildman–Crippen MR) is 124 cm³/mol.